The lowest BCUT2D eigenvalue weighted by molar-refractivity contribution is 0.0571. The van der Waals surface area contributed by atoms with Gasteiger partial charge in [-0.2, -0.15) is 0 Å². The Hall–Kier alpha value is -3.38. The van der Waals surface area contributed by atoms with Crippen LogP contribution in [0.1, 0.15) is 65.0 Å². The van der Waals surface area contributed by atoms with Crippen molar-refractivity contribution < 1.29 is 29.6 Å². The van der Waals surface area contributed by atoms with Crippen LogP contribution in [0.4, 0.5) is 0 Å². The third-order valence-electron chi connectivity index (χ3n) is 6.35. The first kappa shape index (κ1) is 24.7. The Morgan fingerprint density at radius 3 is 2.37 bits per heavy atom. The number of hydrogen-bond acceptors (Lipinski definition) is 6. The molecule has 2 heterocycles. The highest BCUT2D eigenvalue weighted by atomic mass is 16.5. The first-order valence-corrected chi connectivity index (χ1v) is 11.9. The fourth-order valence-electron chi connectivity index (χ4n) is 4.49. The second-order valence-electron chi connectivity index (χ2n) is 10.6. The quantitative estimate of drug-likeness (QED) is 0.278. The molecule has 3 aromatic rings. The fraction of sp³-hybridized carbons (Fsp3) is 0.379. The zero-order valence-electron chi connectivity index (χ0n) is 21.0. The number of allylic oxidation sites excluding steroid dienone is 2. The van der Waals surface area contributed by atoms with Crippen LogP contribution in [0.15, 0.2) is 46.4 Å². The number of hydrogen-bond donors (Lipinski definition) is 4. The van der Waals surface area contributed by atoms with Crippen LogP contribution in [0.2, 0.25) is 0 Å². The van der Waals surface area contributed by atoms with E-state index in [0.717, 1.165) is 17.4 Å². The predicted molar refractivity (Wildman–Crippen MR) is 138 cm³/mol. The van der Waals surface area contributed by atoms with Gasteiger partial charge in [-0.3, -0.25) is 0 Å². The summed E-state index contributed by atoms with van der Waals surface area (Å²) in [6.07, 6.45) is 8.50. The molecule has 0 aliphatic carbocycles. The maximum absolute atomic E-state index is 11.4. The van der Waals surface area contributed by atoms with Gasteiger partial charge in [0.2, 0.25) is 0 Å². The summed E-state index contributed by atoms with van der Waals surface area (Å²) in [5.41, 5.74) is 2.17. The highest BCUT2D eigenvalue weighted by Gasteiger charge is 2.33. The largest absolute Gasteiger partial charge is 0.508 e. The molecule has 0 bridgehead atoms. The lowest BCUT2D eigenvalue weighted by Gasteiger charge is -2.33. The highest BCUT2D eigenvalue weighted by molar-refractivity contribution is 5.97. The molecule has 1 aromatic heterocycles. The van der Waals surface area contributed by atoms with E-state index >= 15 is 0 Å². The Labute approximate surface area is 205 Å². The predicted octanol–water partition coefficient (Wildman–Crippen LogP) is 6.83. The average molecular weight is 479 g/mol. The van der Waals surface area contributed by atoms with Crippen molar-refractivity contribution in [1.29, 1.82) is 0 Å². The van der Waals surface area contributed by atoms with Crippen molar-refractivity contribution in [2.75, 3.05) is 0 Å². The number of phenols is 3. The van der Waals surface area contributed by atoms with Crippen molar-refractivity contribution in [2.45, 2.75) is 71.5 Å². The van der Waals surface area contributed by atoms with Gasteiger partial charge in [0.15, 0.2) is 11.5 Å². The Bertz CT molecular complexity index is 1300. The molecule has 0 saturated heterocycles. The maximum Gasteiger partial charge on any atom is 0.173 e. The van der Waals surface area contributed by atoms with Crippen LogP contribution >= 0.6 is 0 Å². The van der Waals surface area contributed by atoms with Crippen LogP contribution in [0.3, 0.4) is 0 Å². The van der Waals surface area contributed by atoms with Gasteiger partial charge in [0, 0.05) is 22.6 Å². The molecule has 35 heavy (non-hydrogen) atoms. The van der Waals surface area contributed by atoms with Gasteiger partial charge in [-0.1, -0.05) is 11.6 Å². The van der Waals surface area contributed by atoms with Crippen molar-refractivity contribution >= 4 is 17.0 Å². The van der Waals surface area contributed by atoms with E-state index in [0.29, 0.717) is 53.0 Å². The van der Waals surface area contributed by atoms with Gasteiger partial charge in [-0.25, -0.2) is 0 Å². The van der Waals surface area contributed by atoms with E-state index in [1.165, 1.54) is 18.2 Å². The molecule has 1 aliphatic rings. The fourth-order valence-corrected chi connectivity index (χ4v) is 4.49. The van der Waals surface area contributed by atoms with Gasteiger partial charge in [0.05, 0.1) is 11.2 Å². The van der Waals surface area contributed by atoms with Crippen LogP contribution in [0, 0.1) is 0 Å². The van der Waals surface area contributed by atoms with Crippen LogP contribution in [-0.4, -0.2) is 31.6 Å². The molecule has 186 valence electrons. The molecule has 0 fully saturated rings. The summed E-state index contributed by atoms with van der Waals surface area (Å²) in [6, 6.07) is 6.12. The number of benzene rings is 2. The van der Waals surface area contributed by atoms with Crippen molar-refractivity contribution in [1.82, 2.24) is 0 Å². The van der Waals surface area contributed by atoms with E-state index in [4.69, 9.17) is 9.15 Å². The van der Waals surface area contributed by atoms with Crippen molar-refractivity contribution in [3.05, 3.63) is 53.1 Å². The molecule has 6 heteroatoms. The number of furan rings is 1. The molecule has 0 radical (unpaired) electrons. The van der Waals surface area contributed by atoms with E-state index in [1.807, 2.05) is 45.1 Å². The summed E-state index contributed by atoms with van der Waals surface area (Å²) >= 11 is 0. The number of aromatic hydroxyl groups is 3. The molecule has 0 saturated carbocycles. The minimum Gasteiger partial charge on any atom is -0.508 e. The first-order chi connectivity index (χ1) is 16.3. The number of fused-ring (bicyclic) bond motifs is 3. The number of aliphatic hydroxyl groups is 1. The standard InChI is InChI=1S/C29H34O6/c1-17(2)7-8-21-23-16-24(18-13-19(30)15-20(31)14-18)34-26(23)22-9-12-29(5,35-27(22)25(21)32)11-6-10-28(3,4)33/h7,9,12-16,30-33H,6,8,10-11H2,1-5H3. The molecular formula is C29H34O6. The molecule has 6 nitrogen and oxygen atoms in total. The average Bonchev–Trinajstić information content (AvgIpc) is 3.17. The van der Waals surface area contributed by atoms with Gasteiger partial charge in [0.1, 0.15) is 28.4 Å². The van der Waals surface area contributed by atoms with E-state index in [9.17, 15) is 20.4 Å². The SMILES string of the molecule is CC(C)=CCc1c(O)c2c(c3oc(-c4cc(O)cc(O)c4)cc13)C=CC(C)(CCCC(C)(C)O)O2. The smallest absolute Gasteiger partial charge is 0.173 e. The third-order valence-corrected chi connectivity index (χ3v) is 6.35. The molecule has 1 unspecified atom stereocenters. The van der Waals surface area contributed by atoms with Crippen LogP contribution in [0.5, 0.6) is 23.0 Å². The lowest BCUT2D eigenvalue weighted by Crippen LogP contribution is -2.33. The number of ether oxygens (including phenoxy) is 1. The molecule has 4 rings (SSSR count). The summed E-state index contributed by atoms with van der Waals surface area (Å²) in [6.45, 7) is 9.56. The molecular weight excluding hydrogens is 444 g/mol. The second-order valence-corrected chi connectivity index (χ2v) is 10.6. The number of phenolic OH excluding ortho intramolecular Hbond substituents is 3. The van der Waals surface area contributed by atoms with Crippen LogP contribution in [-0.2, 0) is 6.42 Å². The van der Waals surface area contributed by atoms with E-state index in [-0.39, 0.29) is 17.2 Å². The maximum atomic E-state index is 11.4. The number of rotatable bonds is 7. The van der Waals surface area contributed by atoms with Crippen molar-refractivity contribution in [2.24, 2.45) is 0 Å². The molecule has 0 amide bonds. The monoisotopic (exact) mass is 478 g/mol. The Kier molecular flexibility index (Phi) is 6.36. The van der Waals surface area contributed by atoms with E-state index in [1.54, 1.807) is 13.8 Å². The van der Waals surface area contributed by atoms with Gasteiger partial charge < -0.3 is 29.6 Å². The Morgan fingerprint density at radius 1 is 1.06 bits per heavy atom. The highest BCUT2D eigenvalue weighted by Crippen LogP contribution is 2.49. The molecule has 0 spiro atoms. The minimum atomic E-state index is -0.747. The zero-order valence-corrected chi connectivity index (χ0v) is 21.0. The molecule has 2 aromatic carbocycles. The van der Waals surface area contributed by atoms with E-state index in [2.05, 4.69) is 0 Å². The second kappa shape index (κ2) is 9.00. The Balaban J connectivity index is 1.82. The summed E-state index contributed by atoms with van der Waals surface area (Å²) < 4.78 is 12.6. The molecule has 4 N–H and O–H groups in total. The summed E-state index contributed by atoms with van der Waals surface area (Å²) in [5.74, 6) is 0.779. The normalized spacial score (nSPS) is 17.3. The van der Waals surface area contributed by atoms with Crippen molar-refractivity contribution in [3.63, 3.8) is 0 Å². The Morgan fingerprint density at radius 2 is 1.74 bits per heavy atom. The van der Waals surface area contributed by atoms with Crippen LogP contribution in [0.25, 0.3) is 28.4 Å². The summed E-state index contributed by atoms with van der Waals surface area (Å²) in [4.78, 5) is 0. The lowest BCUT2D eigenvalue weighted by atomic mass is 9.90. The summed E-state index contributed by atoms with van der Waals surface area (Å²) in [7, 11) is 0. The summed E-state index contributed by atoms with van der Waals surface area (Å²) in [5, 5.41) is 42.1. The van der Waals surface area contributed by atoms with E-state index < -0.39 is 11.2 Å². The van der Waals surface area contributed by atoms with Crippen LogP contribution < -0.4 is 4.74 Å². The first-order valence-electron chi connectivity index (χ1n) is 11.9. The zero-order chi connectivity index (χ0) is 25.5. The molecule has 1 aliphatic heterocycles. The van der Waals surface area contributed by atoms with Crippen molar-refractivity contribution in [3.8, 4) is 34.3 Å². The topological polar surface area (TPSA) is 103 Å². The van der Waals surface area contributed by atoms with Gasteiger partial charge in [-0.15, -0.1) is 0 Å². The van der Waals surface area contributed by atoms with Gasteiger partial charge in [-0.05, 0) is 90.7 Å². The molecule has 1 atom stereocenters. The van der Waals surface area contributed by atoms with Gasteiger partial charge >= 0.3 is 0 Å². The van der Waals surface area contributed by atoms with Gasteiger partial charge in [0.25, 0.3) is 0 Å². The third kappa shape index (κ3) is 5.33. The minimum absolute atomic E-state index is 0.0693.